The van der Waals surface area contributed by atoms with Gasteiger partial charge >= 0.3 is 0 Å². The van der Waals surface area contributed by atoms with Crippen LogP contribution in [0.2, 0.25) is 0 Å². The van der Waals surface area contributed by atoms with E-state index in [1.54, 1.807) is 0 Å². The molecule has 1 atom stereocenters. The summed E-state index contributed by atoms with van der Waals surface area (Å²) in [5.41, 5.74) is 1.04. The summed E-state index contributed by atoms with van der Waals surface area (Å²) in [4.78, 5) is 11.4. The van der Waals surface area contributed by atoms with Crippen molar-refractivity contribution in [3.05, 3.63) is 35.9 Å². The molecular weight excluding hydrogens is 220 g/mol. The van der Waals surface area contributed by atoms with Crippen molar-refractivity contribution in [1.82, 2.24) is 0 Å². The van der Waals surface area contributed by atoms with E-state index in [4.69, 9.17) is 11.6 Å². The maximum Gasteiger partial charge on any atom is 0.229 e. The minimum Gasteiger partial charge on any atom is -0.281 e. The van der Waals surface area contributed by atoms with Gasteiger partial charge < -0.3 is 0 Å². The molecular formula is C14H19ClO. The number of hydrogen-bond acceptors (Lipinski definition) is 1. The van der Waals surface area contributed by atoms with Gasteiger partial charge in [0.1, 0.15) is 0 Å². The summed E-state index contributed by atoms with van der Waals surface area (Å²) < 4.78 is 0. The van der Waals surface area contributed by atoms with Gasteiger partial charge in [0.05, 0.1) is 5.92 Å². The maximum atomic E-state index is 11.4. The van der Waals surface area contributed by atoms with E-state index < -0.39 is 0 Å². The summed E-state index contributed by atoms with van der Waals surface area (Å²) in [5, 5.41) is -0.234. The molecule has 0 heterocycles. The third kappa shape index (κ3) is 4.36. The molecule has 1 nitrogen and oxygen atoms in total. The Morgan fingerprint density at radius 2 is 1.88 bits per heavy atom. The largest absolute Gasteiger partial charge is 0.281 e. The lowest BCUT2D eigenvalue weighted by molar-refractivity contribution is -0.113. The Labute approximate surface area is 103 Å². The molecule has 0 aliphatic rings. The smallest absolute Gasteiger partial charge is 0.229 e. The van der Waals surface area contributed by atoms with Crippen molar-refractivity contribution in [2.45, 2.75) is 44.9 Å². The van der Waals surface area contributed by atoms with Crippen molar-refractivity contribution >= 4 is 16.8 Å². The Balaban J connectivity index is 2.52. The summed E-state index contributed by atoms with van der Waals surface area (Å²) in [7, 11) is 0. The first-order valence-corrected chi connectivity index (χ1v) is 6.37. The molecule has 0 spiro atoms. The van der Waals surface area contributed by atoms with Crippen LogP contribution in [0.15, 0.2) is 30.3 Å². The molecule has 0 bridgehead atoms. The molecule has 16 heavy (non-hydrogen) atoms. The first-order chi connectivity index (χ1) is 7.75. The van der Waals surface area contributed by atoms with Crippen LogP contribution in [0, 0.1) is 0 Å². The number of rotatable bonds is 7. The first kappa shape index (κ1) is 13.2. The van der Waals surface area contributed by atoms with Crippen LogP contribution < -0.4 is 0 Å². The van der Waals surface area contributed by atoms with Crippen molar-refractivity contribution in [1.29, 1.82) is 0 Å². The van der Waals surface area contributed by atoms with E-state index in [1.165, 1.54) is 19.3 Å². The van der Waals surface area contributed by atoms with E-state index >= 15 is 0 Å². The first-order valence-electron chi connectivity index (χ1n) is 6.00. The molecule has 1 unspecified atom stereocenters. The summed E-state index contributed by atoms with van der Waals surface area (Å²) in [6, 6.07) is 9.81. The zero-order valence-electron chi connectivity index (χ0n) is 9.79. The third-order valence-corrected chi connectivity index (χ3v) is 3.09. The topological polar surface area (TPSA) is 17.1 Å². The normalized spacial score (nSPS) is 12.4. The Bertz CT molecular complexity index is 308. The minimum atomic E-state index is -0.234. The van der Waals surface area contributed by atoms with Gasteiger partial charge in [-0.2, -0.15) is 0 Å². The fraction of sp³-hybridized carbons (Fsp3) is 0.500. The number of unbranched alkanes of at least 4 members (excludes halogenated alkanes) is 3. The van der Waals surface area contributed by atoms with Crippen LogP contribution in [0.1, 0.15) is 50.5 Å². The molecule has 0 amide bonds. The van der Waals surface area contributed by atoms with E-state index in [0.29, 0.717) is 0 Å². The number of hydrogen-bond donors (Lipinski definition) is 0. The second kappa shape index (κ2) is 7.45. The van der Waals surface area contributed by atoms with Crippen LogP contribution in [0.25, 0.3) is 0 Å². The molecule has 1 aromatic rings. The van der Waals surface area contributed by atoms with Gasteiger partial charge in [0.2, 0.25) is 5.24 Å². The number of carbonyl (C=O) groups is 1. The van der Waals surface area contributed by atoms with Crippen LogP contribution in [0.3, 0.4) is 0 Å². The highest BCUT2D eigenvalue weighted by molar-refractivity contribution is 6.64. The quantitative estimate of drug-likeness (QED) is 0.505. The third-order valence-electron chi connectivity index (χ3n) is 2.82. The highest BCUT2D eigenvalue weighted by Crippen LogP contribution is 2.24. The Hall–Kier alpha value is -0.820. The molecule has 0 saturated heterocycles. The summed E-state index contributed by atoms with van der Waals surface area (Å²) in [5.74, 6) is -0.125. The molecule has 0 fully saturated rings. The molecule has 0 aromatic heterocycles. The minimum absolute atomic E-state index is 0.125. The standard InChI is InChI=1S/C14H19ClO/c1-2-3-4-8-11-13(14(15)16)12-9-6-5-7-10-12/h5-7,9-10,13H,2-4,8,11H2,1H3. The lowest BCUT2D eigenvalue weighted by Crippen LogP contribution is -2.06. The Morgan fingerprint density at radius 1 is 1.19 bits per heavy atom. The number of benzene rings is 1. The molecule has 0 aliphatic carbocycles. The Morgan fingerprint density at radius 3 is 2.44 bits per heavy atom. The van der Waals surface area contributed by atoms with E-state index in [2.05, 4.69) is 6.92 Å². The SMILES string of the molecule is CCCCCCC(C(=O)Cl)c1ccccc1. The highest BCUT2D eigenvalue weighted by Gasteiger charge is 2.17. The average Bonchev–Trinajstić information content (AvgIpc) is 2.30. The fourth-order valence-electron chi connectivity index (χ4n) is 1.87. The molecule has 88 valence electrons. The van der Waals surface area contributed by atoms with Gasteiger partial charge in [0.15, 0.2) is 0 Å². The van der Waals surface area contributed by atoms with Gasteiger partial charge in [-0.3, -0.25) is 4.79 Å². The maximum absolute atomic E-state index is 11.4. The van der Waals surface area contributed by atoms with E-state index in [1.807, 2.05) is 30.3 Å². The number of carbonyl (C=O) groups excluding carboxylic acids is 1. The van der Waals surface area contributed by atoms with Crippen molar-refractivity contribution in [3.63, 3.8) is 0 Å². The average molecular weight is 239 g/mol. The molecule has 0 aliphatic heterocycles. The summed E-state index contributed by atoms with van der Waals surface area (Å²) >= 11 is 5.65. The van der Waals surface area contributed by atoms with Crippen molar-refractivity contribution < 1.29 is 4.79 Å². The molecule has 1 aromatic carbocycles. The van der Waals surface area contributed by atoms with Crippen LogP contribution >= 0.6 is 11.6 Å². The lowest BCUT2D eigenvalue weighted by atomic mass is 9.94. The zero-order valence-corrected chi connectivity index (χ0v) is 10.5. The molecule has 0 radical (unpaired) electrons. The van der Waals surface area contributed by atoms with Crippen LogP contribution in [-0.4, -0.2) is 5.24 Å². The van der Waals surface area contributed by atoms with E-state index in [9.17, 15) is 4.79 Å². The second-order valence-corrected chi connectivity index (χ2v) is 4.49. The van der Waals surface area contributed by atoms with Crippen molar-refractivity contribution in [3.8, 4) is 0 Å². The predicted molar refractivity (Wildman–Crippen MR) is 68.8 cm³/mol. The van der Waals surface area contributed by atoms with Crippen molar-refractivity contribution in [2.24, 2.45) is 0 Å². The monoisotopic (exact) mass is 238 g/mol. The van der Waals surface area contributed by atoms with Gasteiger partial charge in [0, 0.05) is 0 Å². The van der Waals surface area contributed by atoms with Gasteiger partial charge in [-0.1, -0.05) is 62.9 Å². The van der Waals surface area contributed by atoms with Crippen molar-refractivity contribution in [2.75, 3.05) is 0 Å². The van der Waals surface area contributed by atoms with Crippen LogP contribution in [0.4, 0.5) is 0 Å². The van der Waals surface area contributed by atoms with Crippen LogP contribution in [-0.2, 0) is 4.79 Å². The fourth-order valence-corrected chi connectivity index (χ4v) is 2.11. The zero-order chi connectivity index (χ0) is 11.8. The van der Waals surface area contributed by atoms with Crippen LogP contribution in [0.5, 0.6) is 0 Å². The molecule has 0 N–H and O–H groups in total. The lowest BCUT2D eigenvalue weighted by Gasteiger charge is -2.12. The Kier molecular flexibility index (Phi) is 6.17. The van der Waals surface area contributed by atoms with Gasteiger partial charge in [-0.25, -0.2) is 0 Å². The van der Waals surface area contributed by atoms with Gasteiger partial charge in [0.25, 0.3) is 0 Å². The number of halogens is 1. The summed E-state index contributed by atoms with van der Waals surface area (Å²) in [6.45, 7) is 2.18. The molecule has 0 saturated carbocycles. The van der Waals surface area contributed by atoms with Gasteiger partial charge in [-0.05, 0) is 23.6 Å². The van der Waals surface area contributed by atoms with E-state index in [0.717, 1.165) is 18.4 Å². The highest BCUT2D eigenvalue weighted by atomic mass is 35.5. The van der Waals surface area contributed by atoms with Gasteiger partial charge in [-0.15, -0.1) is 0 Å². The second-order valence-electron chi connectivity index (χ2n) is 4.12. The molecule has 2 heteroatoms. The summed E-state index contributed by atoms with van der Waals surface area (Å²) in [6.07, 6.45) is 5.57. The predicted octanol–water partition coefficient (Wildman–Crippen LogP) is 4.51. The molecule has 1 rings (SSSR count). The van der Waals surface area contributed by atoms with E-state index in [-0.39, 0.29) is 11.2 Å².